The standard InChI is InChI=1S/C15H24ClN3O/c1-4-6-15(7-5-8-17-10-15)13(20)9-12-14(16)11(2)18-19(12)3/h17H,4-10H2,1-3H3. The van der Waals surface area contributed by atoms with Crippen molar-refractivity contribution < 1.29 is 4.79 Å². The summed E-state index contributed by atoms with van der Waals surface area (Å²) in [5.74, 6) is 0.302. The molecule has 0 saturated carbocycles. The molecule has 112 valence electrons. The normalized spacial score (nSPS) is 23.0. The van der Waals surface area contributed by atoms with Crippen molar-refractivity contribution in [1.82, 2.24) is 15.1 Å². The molecule has 1 atom stereocenters. The van der Waals surface area contributed by atoms with Crippen molar-refractivity contribution in [3.05, 3.63) is 16.4 Å². The van der Waals surface area contributed by atoms with E-state index in [4.69, 9.17) is 11.6 Å². The summed E-state index contributed by atoms with van der Waals surface area (Å²) in [6.07, 6.45) is 4.43. The maximum absolute atomic E-state index is 12.9. The van der Waals surface area contributed by atoms with Gasteiger partial charge in [-0.1, -0.05) is 24.9 Å². The smallest absolute Gasteiger partial charge is 0.146 e. The number of carbonyl (C=O) groups is 1. The number of nitrogens with zero attached hydrogens (tertiary/aromatic N) is 2. The largest absolute Gasteiger partial charge is 0.316 e. The molecule has 20 heavy (non-hydrogen) atoms. The summed E-state index contributed by atoms with van der Waals surface area (Å²) in [4.78, 5) is 12.9. The van der Waals surface area contributed by atoms with Crippen molar-refractivity contribution in [2.75, 3.05) is 13.1 Å². The molecule has 0 aromatic carbocycles. The second kappa shape index (κ2) is 6.27. The van der Waals surface area contributed by atoms with Crippen molar-refractivity contribution >= 4 is 17.4 Å². The number of halogens is 1. The highest BCUT2D eigenvalue weighted by Crippen LogP contribution is 2.34. The fraction of sp³-hybridized carbons (Fsp3) is 0.733. The van der Waals surface area contributed by atoms with Crippen molar-refractivity contribution in [2.24, 2.45) is 12.5 Å². The third-order valence-corrected chi connectivity index (χ3v) is 4.87. The van der Waals surface area contributed by atoms with E-state index in [9.17, 15) is 4.79 Å². The van der Waals surface area contributed by atoms with Gasteiger partial charge in [-0.15, -0.1) is 0 Å². The Morgan fingerprint density at radius 2 is 2.30 bits per heavy atom. The Labute approximate surface area is 125 Å². The van der Waals surface area contributed by atoms with Crippen molar-refractivity contribution in [3.63, 3.8) is 0 Å². The van der Waals surface area contributed by atoms with Gasteiger partial charge in [0.2, 0.25) is 0 Å². The number of carbonyl (C=O) groups excluding carboxylic acids is 1. The van der Waals surface area contributed by atoms with Gasteiger partial charge < -0.3 is 5.32 Å². The second-order valence-electron chi connectivity index (χ2n) is 5.88. The maximum atomic E-state index is 12.9. The molecule has 5 heteroatoms. The van der Waals surface area contributed by atoms with Gasteiger partial charge in [-0.25, -0.2) is 0 Å². The zero-order chi connectivity index (χ0) is 14.8. The van der Waals surface area contributed by atoms with Gasteiger partial charge in [0.25, 0.3) is 0 Å². The SMILES string of the molecule is CCCC1(C(=O)Cc2c(Cl)c(C)nn2C)CCCNC1. The van der Waals surface area contributed by atoms with Crippen LogP contribution in [-0.2, 0) is 18.3 Å². The molecule has 1 fully saturated rings. The molecule has 4 nitrogen and oxygen atoms in total. The number of piperidine rings is 1. The molecule has 2 heterocycles. The average Bonchev–Trinajstić information content (AvgIpc) is 2.67. The summed E-state index contributed by atoms with van der Waals surface area (Å²) in [6.45, 7) is 5.84. The number of rotatable bonds is 5. The molecule has 1 saturated heterocycles. The quantitative estimate of drug-likeness (QED) is 0.909. The molecular weight excluding hydrogens is 274 g/mol. The van der Waals surface area contributed by atoms with Crippen LogP contribution in [0.5, 0.6) is 0 Å². The van der Waals surface area contributed by atoms with Gasteiger partial charge in [-0.05, 0) is 32.7 Å². The molecule has 0 aliphatic carbocycles. The number of nitrogens with one attached hydrogen (secondary N) is 1. The minimum atomic E-state index is -0.214. The Bertz CT molecular complexity index is 484. The number of hydrogen-bond donors (Lipinski definition) is 1. The highest BCUT2D eigenvalue weighted by molar-refractivity contribution is 6.32. The Morgan fingerprint density at radius 3 is 2.80 bits per heavy atom. The van der Waals surface area contributed by atoms with Crippen LogP contribution < -0.4 is 5.32 Å². The zero-order valence-electron chi connectivity index (χ0n) is 12.6. The van der Waals surface area contributed by atoms with Gasteiger partial charge in [-0.3, -0.25) is 9.48 Å². The van der Waals surface area contributed by atoms with E-state index in [2.05, 4.69) is 17.3 Å². The summed E-state index contributed by atoms with van der Waals surface area (Å²) in [7, 11) is 1.85. The Hall–Kier alpha value is -0.870. The summed E-state index contributed by atoms with van der Waals surface area (Å²) >= 11 is 6.27. The van der Waals surface area contributed by atoms with Crippen LogP contribution in [0.3, 0.4) is 0 Å². The molecule has 0 spiro atoms. The van der Waals surface area contributed by atoms with E-state index < -0.39 is 0 Å². The van der Waals surface area contributed by atoms with E-state index in [0.717, 1.165) is 50.2 Å². The van der Waals surface area contributed by atoms with Crippen LogP contribution >= 0.6 is 11.6 Å². The first-order valence-electron chi connectivity index (χ1n) is 7.42. The molecule has 1 aromatic heterocycles. The lowest BCUT2D eigenvalue weighted by Gasteiger charge is -2.36. The molecule has 0 bridgehead atoms. The summed E-state index contributed by atoms with van der Waals surface area (Å²) in [5.41, 5.74) is 1.42. The topological polar surface area (TPSA) is 46.9 Å². The monoisotopic (exact) mass is 297 g/mol. The van der Waals surface area contributed by atoms with Crippen LogP contribution in [0.4, 0.5) is 0 Å². The predicted octanol–water partition coefficient (Wildman–Crippen LogP) is 2.66. The Morgan fingerprint density at radius 1 is 1.55 bits per heavy atom. The minimum Gasteiger partial charge on any atom is -0.316 e. The van der Waals surface area contributed by atoms with E-state index in [0.29, 0.717) is 17.2 Å². The summed E-state index contributed by atoms with van der Waals surface area (Å²) < 4.78 is 1.74. The fourth-order valence-corrected chi connectivity index (χ4v) is 3.48. The van der Waals surface area contributed by atoms with Crippen LogP contribution in [0.25, 0.3) is 0 Å². The van der Waals surface area contributed by atoms with E-state index in [-0.39, 0.29) is 5.41 Å². The van der Waals surface area contributed by atoms with Gasteiger partial charge >= 0.3 is 0 Å². The molecule has 2 rings (SSSR count). The first kappa shape index (κ1) is 15.5. The Balaban J connectivity index is 2.20. The van der Waals surface area contributed by atoms with E-state index in [1.54, 1.807) is 4.68 Å². The molecular formula is C15H24ClN3O. The van der Waals surface area contributed by atoms with Gasteiger partial charge in [0.1, 0.15) is 5.78 Å². The lowest BCUT2D eigenvalue weighted by molar-refractivity contribution is -0.129. The Kier molecular flexibility index (Phi) is 4.86. The first-order chi connectivity index (χ1) is 9.50. The number of aryl methyl sites for hydroxylation is 2. The summed E-state index contributed by atoms with van der Waals surface area (Å²) in [6, 6.07) is 0. The van der Waals surface area contributed by atoms with Gasteiger partial charge in [0, 0.05) is 19.0 Å². The van der Waals surface area contributed by atoms with Crippen LogP contribution in [0.1, 0.15) is 44.0 Å². The number of ketones is 1. The highest BCUT2D eigenvalue weighted by Gasteiger charge is 2.38. The van der Waals surface area contributed by atoms with E-state index >= 15 is 0 Å². The third kappa shape index (κ3) is 2.91. The van der Waals surface area contributed by atoms with Crippen LogP contribution in [0.2, 0.25) is 5.02 Å². The van der Waals surface area contributed by atoms with Crippen LogP contribution in [0.15, 0.2) is 0 Å². The fourth-order valence-electron chi connectivity index (χ4n) is 3.25. The zero-order valence-corrected chi connectivity index (χ0v) is 13.4. The second-order valence-corrected chi connectivity index (χ2v) is 6.26. The van der Waals surface area contributed by atoms with Gasteiger partial charge in [-0.2, -0.15) is 5.10 Å². The van der Waals surface area contributed by atoms with Crippen molar-refractivity contribution in [2.45, 2.75) is 46.0 Å². The van der Waals surface area contributed by atoms with Crippen molar-refractivity contribution in [1.29, 1.82) is 0 Å². The molecule has 0 amide bonds. The number of Topliss-reactive ketones (excluding diaryl/α,β-unsaturated/α-hetero) is 1. The molecule has 1 N–H and O–H groups in total. The van der Waals surface area contributed by atoms with Gasteiger partial charge in [0.15, 0.2) is 0 Å². The number of hydrogen-bond acceptors (Lipinski definition) is 3. The lowest BCUT2D eigenvalue weighted by Crippen LogP contribution is -2.46. The maximum Gasteiger partial charge on any atom is 0.146 e. The molecule has 1 unspecified atom stereocenters. The third-order valence-electron chi connectivity index (χ3n) is 4.38. The lowest BCUT2D eigenvalue weighted by atomic mass is 9.72. The van der Waals surface area contributed by atoms with Crippen molar-refractivity contribution in [3.8, 4) is 0 Å². The molecule has 1 aromatic rings. The van der Waals surface area contributed by atoms with E-state index in [1.165, 1.54) is 0 Å². The number of aromatic nitrogens is 2. The van der Waals surface area contributed by atoms with E-state index in [1.807, 2.05) is 14.0 Å². The highest BCUT2D eigenvalue weighted by atomic mass is 35.5. The molecule has 0 radical (unpaired) electrons. The van der Waals surface area contributed by atoms with Crippen LogP contribution in [-0.4, -0.2) is 28.7 Å². The minimum absolute atomic E-state index is 0.214. The summed E-state index contributed by atoms with van der Waals surface area (Å²) in [5, 5.41) is 8.32. The molecule has 1 aliphatic rings. The first-order valence-corrected chi connectivity index (χ1v) is 7.80. The molecule has 1 aliphatic heterocycles. The van der Waals surface area contributed by atoms with Gasteiger partial charge in [0.05, 0.1) is 22.8 Å². The predicted molar refractivity (Wildman–Crippen MR) is 81.1 cm³/mol. The average molecular weight is 298 g/mol. The van der Waals surface area contributed by atoms with Crippen LogP contribution in [0, 0.1) is 12.3 Å².